The normalized spacial score (nSPS) is 14.1. The number of allylic oxidation sites excluding steroid dienone is 1. The van der Waals surface area contributed by atoms with Gasteiger partial charge < -0.3 is 4.18 Å². The monoisotopic (exact) mass is 342 g/mol. The quantitative estimate of drug-likeness (QED) is 0.479. The topological polar surface area (TPSA) is 43.4 Å². The maximum absolute atomic E-state index is 12.0. The Kier molecular flexibility index (Phi) is 5.09. The maximum Gasteiger partial charge on any atom is 0.508 e. The van der Waals surface area contributed by atoms with Crippen molar-refractivity contribution in [3.05, 3.63) is 40.1 Å². The molecule has 0 spiro atoms. The van der Waals surface area contributed by atoms with Crippen molar-refractivity contribution in [3.8, 4) is 0 Å². The molecule has 1 aromatic rings. The Morgan fingerprint density at radius 3 is 2.56 bits per heavy atom. The Balaban J connectivity index is 2.91. The molecular weight excluding hydrogens is 337 g/mol. The molecule has 0 aliphatic carbocycles. The molecule has 1 atom stereocenters. The standard InChI is InChI=1S/C10H6BrF3O3S/c11-8-3-1-2-7(4-8)5-9(6-15)17-18(16)10(12,13)14/h1-6H/b9-5+. The fourth-order valence-electron chi connectivity index (χ4n) is 0.973. The summed E-state index contributed by atoms with van der Waals surface area (Å²) in [5.74, 6) is -0.663. The molecule has 0 heterocycles. The summed E-state index contributed by atoms with van der Waals surface area (Å²) in [6.45, 7) is 0. The van der Waals surface area contributed by atoms with Gasteiger partial charge in [0, 0.05) is 4.47 Å². The van der Waals surface area contributed by atoms with Crippen LogP contribution in [-0.4, -0.2) is 16.0 Å². The minimum absolute atomic E-state index is 0.0601. The van der Waals surface area contributed by atoms with Gasteiger partial charge in [-0.2, -0.15) is 13.2 Å². The van der Waals surface area contributed by atoms with Crippen molar-refractivity contribution in [1.29, 1.82) is 0 Å². The number of carbonyl (C=O) groups is 1. The summed E-state index contributed by atoms with van der Waals surface area (Å²) >= 11 is -0.399. The molecule has 0 N–H and O–H groups in total. The second kappa shape index (κ2) is 6.14. The molecule has 1 rings (SSSR count). The van der Waals surface area contributed by atoms with Crippen LogP contribution in [0.1, 0.15) is 5.56 Å². The van der Waals surface area contributed by atoms with E-state index in [0.29, 0.717) is 10.0 Å². The van der Waals surface area contributed by atoms with E-state index in [-0.39, 0.29) is 6.29 Å². The van der Waals surface area contributed by atoms with Gasteiger partial charge in [0.25, 0.3) is 0 Å². The van der Waals surface area contributed by atoms with E-state index in [1.807, 2.05) is 0 Å². The van der Waals surface area contributed by atoms with Crippen LogP contribution in [0.25, 0.3) is 6.08 Å². The highest BCUT2D eigenvalue weighted by molar-refractivity contribution is 9.10. The molecule has 0 saturated carbocycles. The van der Waals surface area contributed by atoms with E-state index in [9.17, 15) is 22.2 Å². The lowest BCUT2D eigenvalue weighted by atomic mass is 10.2. The molecule has 1 aromatic carbocycles. The van der Waals surface area contributed by atoms with Crippen LogP contribution in [0.15, 0.2) is 34.5 Å². The van der Waals surface area contributed by atoms with Crippen LogP contribution >= 0.6 is 15.9 Å². The summed E-state index contributed by atoms with van der Waals surface area (Å²) in [6, 6.07) is 6.43. The van der Waals surface area contributed by atoms with Gasteiger partial charge in [0.15, 0.2) is 12.0 Å². The van der Waals surface area contributed by atoms with Crippen molar-refractivity contribution in [3.63, 3.8) is 0 Å². The molecule has 98 valence electrons. The van der Waals surface area contributed by atoms with Gasteiger partial charge in [0.05, 0.1) is 0 Å². The van der Waals surface area contributed by atoms with Crippen LogP contribution < -0.4 is 0 Å². The molecule has 0 radical (unpaired) electrons. The number of hydrogen-bond donors (Lipinski definition) is 0. The average molecular weight is 343 g/mol. The SMILES string of the molecule is O=C/C(=C\c1cccc(Br)c1)OS(=O)C(F)(F)F. The highest BCUT2D eigenvalue weighted by Crippen LogP contribution is 2.23. The van der Waals surface area contributed by atoms with Crippen molar-refractivity contribution in [1.82, 2.24) is 0 Å². The van der Waals surface area contributed by atoms with Crippen LogP contribution in [0.2, 0.25) is 0 Å². The summed E-state index contributed by atoms with van der Waals surface area (Å²) in [7, 11) is 0. The first-order valence-electron chi connectivity index (χ1n) is 4.42. The van der Waals surface area contributed by atoms with Gasteiger partial charge in [-0.05, 0) is 23.8 Å². The van der Waals surface area contributed by atoms with Crippen LogP contribution in [0, 0.1) is 0 Å². The Labute approximate surface area is 111 Å². The number of carbonyl (C=O) groups excluding carboxylic acids is 1. The third-order valence-corrected chi connectivity index (χ3v) is 2.85. The van der Waals surface area contributed by atoms with E-state index < -0.39 is 22.3 Å². The molecule has 0 saturated heterocycles. The molecule has 0 fully saturated rings. The first kappa shape index (κ1) is 14.9. The molecule has 0 aliphatic rings. The predicted molar refractivity (Wildman–Crippen MR) is 63.5 cm³/mol. The highest BCUT2D eigenvalue weighted by Gasteiger charge is 2.40. The first-order valence-corrected chi connectivity index (χ1v) is 6.29. The predicted octanol–water partition coefficient (Wildman–Crippen LogP) is 3.19. The third-order valence-electron chi connectivity index (χ3n) is 1.63. The summed E-state index contributed by atoms with van der Waals surface area (Å²) in [5.41, 5.74) is -4.59. The van der Waals surface area contributed by atoms with Crippen LogP contribution in [-0.2, 0) is 20.1 Å². The number of halogens is 4. The Morgan fingerprint density at radius 1 is 1.39 bits per heavy atom. The molecule has 0 aliphatic heterocycles. The summed E-state index contributed by atoms with van der Waals surface area (Å²) in [6.07, 6.45) is 1.12. The van der Waals surface area contributed by atoms with Gasteiger partial charge in [-0.3, -0.25) is 4.79 Å². The number of alkyl halides is 3. The van der Waals surface area contributed by atoms with E-state index in [1.165, 1.54) is 0 Å². The zero-order chi connectivity index (χ0) is 13.8. The van der Waals surface area contributed by atoms with Crippen molar-refractivity contribution in [2.45, 2.75) is 5.51 Å². The largest absolute Gasteiger partial charge is 0.508 e. The number of benzene rings is 1. The van der Waals surface area contributed by atoms with Gasteiger partial charge >= 0.3 is 16.6 Å². The van der Waals surface area contributed by atoms with Crippen LogP contribution in [0.5, 0.6) is 0 Å². The fraction of sp³-hybridized carbons (Fsp3) is 0.100. The molecule has 0 bridgehead atoms. The zero-order valence-electron chi connectivity index (χ0n) is 8.61. The molecule has 3 nitrogen and oxygen atoms in total. The van der Waals surface area contributed by atoms with E-state index in [2.05, 4.69) is 20.1 Å². The lowest BCUT2D eigenvalue weighted by molar-refractivity contribution is -0.106. The minimum atomic E-state index is -5.03. The van der Waals surface area contributed by atoms with Gasteiger partial charge in [0.2, 0.25) is 0 Å². The lowest BCUT2D eigenvalue weighted by Gasteiger charge is -2.06. The molecule has 1 unspecified atom stereocenters. The van der Waals surface area contributed by atoms with Crippen molar-refractivity contribution in [2.75, 3.05) is 0 Å². The van der Waals surface area contributed by atoms with Crippen LogP contribution in [0.4, 0.5) is 13.2 Å². The van der Waals surface area contributed by atoms with Crippen molar-refractivity contribution in [2.24, 2.45) is 0 Å². The molecule has 0 amide bonds. The lowest BCUT2D eigenvalue weighted by Crippen LogP contribution is -2.18. The van der Waals surface area contributed by atoms with Gasteiger partial charge in [-0.25, -0.2) is 4.21 Å². The minimum Gasteiger partial charge on any atom is -0.391 e. The van der Waals surface area contributed by atoms with Gasteiger partial charge in [-0.1, -0.05) is 28.1 Å². The van der Waals surface area contributed by atoms with Crippen molar-refractivity contribution < 1.29 is 26.4 Å². The zero-order valence-corrected chi connectivity index (χ0v) is 11.0. The van der Waals surface area contributed by atoms with Crippen molar-refractivity contribution >= 4 is 39.4 Å². The number of rotatable bonds is 4. The van der Waals surface area contributed by atoms with E-state index >= 15 is 0 Å². The Bertz CT molecular complexity index is 499. The number of hydrogen-bond acceptors (Lipinski definition) is 3. The average Bonchev–Trinajstić information content (AvgIpc) is 2.26. The molecular formula is C10H6BrF3O3S. The van der Waals surface area contributed by atoms with E-state index in [1.54, 1.807) is 24.3 Å². The Hall–Kier alpha value is -1.15. The summed E-state index contributed by atoms with van der Waals surface area (Å²) in [4.78, 5) is 10.5. The second-order valence-electron chi connectivity index (χ2n) is 2.98. The fourth-order valence-corrected chi connectivity index (χ4v) is 1.75. The maximum atomic E-state index is 12.0. The summed E-state index contributed by atoms with van der Waals surface area (Å²) < 4.78 is 51.3. The van der Waals surface area contributed by atoms with Gasteiger partial charge in [-0.15, -0.1) is 0 Å². The smallest absolute Gasteiger partial charge is 0.391 e. The molecule has 0 aromatic heterocycles. The highest BCUT2D eigenvalue weighted by atomic mass is 79.9. The third kappa shape index (κ3) is 4.61. The molecule has 18 heavy (non-hydrogen) atoms. The Morgan fingerprint density at radius 2 is 2.06 bits per heavy atom. The summed E-state index contributed by atoms with van der Waals surface area (Å²) in [5, 5.41) is 0. The van der Waals surface area contributed by atoms with Crippen LogP contribution in [0.3, 0.4) is 0 Å². The first-order chi connectivity index (χ1) is 8.32. The second-order valence-corrected chi connectivity index (χ2v) is 5.00. The van der Waals surface area contributed by atoms with E-state index in [4.69, 9.17) is 0 Å². The number of aldehydes is 1. The van der Waals surface area contributed by atoms with Gasteiger partial charge in [0.1, 0.15) is 0 Å². The molecule has 8 heteroatoms. The van der Waals surface area contributed by atoms with E-state index in [0.717, 1.165) is 6.08 Å².